The third-order valence-corrected chi connectivity index (χ3v) is 4.80. The summed E-state index contributed by atoms with van der Waals surface area (Å²) in [5.74, 6) is 0. The minimum absolute atomic E-state index is 0.00269. The molecule has 0 spiro atoms. The average Bonchev–Trinajstić information content (AvgIpc) is 2.91. The van der Waals surface area contributed by atoms with Crippen LogP contribution in [0.1, 0.15) is 41.4 Å². The number of anilines is 1. The van der Waals surface area contributed by atoms with E-state index in [2.05, 4.69) is 40.6 Å². The van der Waals surface area contributed by atoms with Gasteiger partial charge in [0.25, 0.3) is 0 Å². The van der Waals surface area contributed by atoms with Crippen LogP contribution >= 0.6 is 0 Å². The Hall–Kier alpha value is -2.33. The summed E-state index contributed by atoms with van der Waals surface area (Å²) in [7, 11) is 0. The summed E-state index contributed by atoms with van der Waals surface area (Å²) < 4.78 is 1.98. The molecule has 0 saturated heterocycles. The van der Waals surface area contributed by atoms with E-state index in [0.717, 1.165) is 35.6 Å². The number of fused-ring (bicyclic) bond motifs is 2. The number of hydrogen-bond acceptors (Lipinski definition) is 3. The summed E-state index contributed by atoms with van der Waals surface area (Å²) in [6.07, 6.45) is 5.45. The average molecular weight is 307 g/mol. The van der Waals surface area contributed by atoms with E-state index in [4.69, 9.17) is 0 Å². The van der Waals surface area contributed by atoms with Crippen LogP contribution in [0.5, 0.6) is 0 Å². The lowest BCUT2D eigenvalue weighted by Crippen LogP contribution is -2.17. The van der Waals surface area contributed by atoms with E-state index < -0.39 is 0 Å². The van der Waals surface area contributed by atoms with Gasteiger partial charge in [0, 0.05) is 6.20 Å². The van der Waals surface area contributed by atoms with Crippen molar-refractivity contribution in [2.24, 2.45) is 0 Å². The molecular weight excluding hydrogens is 286 g/mol. The van der Waals surface area contributed by atoms with Gasteiger partial charge in [-0.15, -0.1) is 0 Å². The second-order valence-electron chi connectivity index (χ2n) is 6.21. The molecule has 1 unspecified atom stereocenters. The van der Waals surface area contributed by atoms with Gasteiger partial charge >= 0.3 is 0 Å². The molecule has 23 heavy (non-hydrogen) atoms. The molecule has 0 saturated carbocycles. The third-order valence-electron chi connectivity index (χ3n) is 4.80. The minimum Gasteiger partial charge on any atom is -0.390 e. The number of nitrogens with zero attached hydrogens (tertiary/aromatic N) is 2. The topological polar surface area (TPSA) is 49.6 Å². The lowest BCUT2D eigenvalue weighted by Gasteiger charge is -2.27. The van der Waals surface area contributed by atoms with Gasteiger partial charge in [0.05, 0.1) is 29.7 Å². The number of aliphatic hydroxyl groups is 1. The van der Waals surface area contributed by atoms with Crippen LogP contribution < -0.4 is 5.32 Å². The first-order valence-electron chi connectivity index (χ1n) is 8.19. The minimum atomic E-state index is 0.00269. The zero-order valence-corrected chi connectivity index (χ0v) is 13.3. The van der Waals surface area contributed by atoms with Crippen LogP contribution in [0.15, 0.2) is 42.6 Å². The van der Waals surface area contributed by atoms with Crippen molar-refractivity contribution in [1.29, 1.82) is 0 Å². The van der Waals surface area contributed by atoms with Crippen molar-refractivity contribution in [2.75, 3.05) is 5.32 Å². The molecule has 0 amide bonds. The Morgan fingerprint density at radius 1 is 1.26 bits per heavy atom. The van der Waals surface area contributed by atoms with Gasteiger partial charge in [-0.05, 0) is 49.4 Å². The van der Waals surface area contributed by atoms with Crippen LogP contribution in [0.3, 0.4) is 0 Å². The summed E-state index contributed by atoms with van der Waals surface area (Å²) in [4.78, 5) is 4.65. The standard InChI is InChI=1S/C19H21N3O/c1-13-18(12-23)22-11-5-10-17(19(22)20-13)21-16-9-4-7-14-6-2-3-8-15(14)16/h2-3,5-6,8,10-11,16,21,23H,4,7,9,12H2,1H3. The summed E-state index contributed by atoms with van der Waals surface area (Å²) in [6.45, 7) is 1.95. The Kier molecular flexibility index (Phi) is 3.54. The largest absolute Gasteiger partial charge is 0.390 e. The molecule has 1 aliphatic rings. The molecule has 0 radical (unpaired) electrons. The van der Waals surface area contributed by atoms with Gasteiger partial charge in [0.1, 0.15) is 0 Å². The number of aromatic nitrogens is 2. The molecule has 1 aliphatic carbocycles. The van der Waals surface area contributed by atoms with Crippen molar-refractivity contribution in [2.45, 2.75) is 38.8 Å². The fraction of sp³-hybridized carbons (Fsp3) is 0.316. The molecule has 4 heteroatoms. The van der Waals surface area contributed by atoms with Crippen molar-refractivity contribution in [1.82, 2.24) is 9.38 Å². The number of imidazole rings is 1. The Bertz CT molecular complexity index is 853. The van der Waals surface area contributed by atoms with E-state index >= 15 is 0 Å². The van der Waals surface area contributed by atoms with Crippen LogP contribution in [0, 0.1) is 6.92 Å². The highest BCUT2D eigenvalue weighted by atomic mass is 16.3. The van der Waals surface area contributed by atoms with E-state index in [1.54, 1.807) is 0 Å². The molecule has 4 rings (SSSR count). The zero-order chi connectivity index (χ0) is 15.8. The molecule has 2 aromatic heterocycles. The predicted octanol–water partition coefficient (Wildman–Crippen LogP) is 3.62. The number of benzene rings is 1. The van der Waals surface area contributed by atoms with Crippen molar-refractivity contribution >= 4 is 11.3 Å². The van der Waals surface area contributed by atoms with Crippen molar-refractivity contribution < 1.29 is 5.11 Å². The number of nitrogens with one attached hydrogen (secondary N) is 1. The van der Waals surface area contributed by atoms with Gasteiger partial charge in [-0.2, -0.15) is 0 Å². The molecule has 4 nitrogen and oxygen atoms in total. The lowest BCUT2D eigenvalue weighted by atomic mass is 9.87. The second kappa shape index (κ2) is 5.70. The van der Waals surface area contributed by atoms with Gasteiger partial charge in [-0.3, -0.25) is 4.40 Å². The molecule has 3 aromatic rings. The summed E-state index contributed by atoms with van der Waals surface area (Å²) in [5, 5.41) is 13.2. The predicted molar refractivity (Wildman–Crippen MR) is 91.6 cm³/mol. The van der Waals surface area contributed by atoms with Gasteiger partial charge in [-0.25, -0.2) is 4.98 Å². The maximum Gasteiger partial charge on any atom is 0.160 e. The van der Waals surface area contributed by atoms with Crippen LogP contribution in [0.4, 0.5) is 5.69 Å². The van der Waals surface area contributed by atoms with E-state index in [1.165, 1.54) is 17.5 Å². The van der Waals surface area contributed by atoms with E-state index in [-0.39, 0.29) is 6.61 Å². The Labute approximate surface area is 135 Å². The molecule has 2 heterocycles. The van der Waals surface area contributed by atoms with E-state index in [9.17, 15) is 5.11 Å². The van der Waals surface area contributed by atoms with Crippen molar-refractivity contribution in [3.8, 4) is 0 Å². The number of hydrogen-bond donors (Lipinski definition) is 2. The Morgan fingerprint density at radius 2 is 2.13 bits per heavy atom. The van der Waals surface area contributed by atoms with Gasteiger partial charge < -0.3 is 10.4 Å². The summed E-state index contributed by atoms with van der Waals surface area (Å²) >= 11 is 0. The highest BCUT2D eigenvalue weighted by molar-refractivity contribution is 5.69. The number of aryl methyl sites for hydroxylation is 2. The molecule has 2 N–H and O–H groups in total. The molecule has 0 bridgehead atoms. The van der Waals surface area contributed by atoms with Crippen molar-refractivity contribution in [3.05, 3.63) is 65.1 Å². The van der Waals surface area contributed by atoms with Crippen LogP contribution in [0.25, 0.3) is 5.65 Å². The van der Waals surface area contributed by atoms with Gasteiger partial charge in [0.2, 0.25) is 0 Å². The summed E-state index contributed by atoms with van der Waals surface area (Å²) in [5.41, 5.74) is 6.48. The number of aliphatic hydroxyl groups excluding tert-OH is 1. The zero-order valence-electron chi connectivity index (χ0n) is 13.3. The molecule has 1 atom stereocenters. The fourth-order valence-corrected chi connectivity index (χ4v) is 3.62. The summed E-state index contributed by atoms with van der Waals surface area (Å²) in [6, 6.07) is 13.1. The molecule has 0 aliphatic heterocycles. The molecular formula is C19H21N3O. The van der Waals surface area contributed by atoms with E-state index in [1.807, 2.05) is 23.6 Å². The highest BCUT2D eigenvalue weighted by Gasteiger charge is 2.21. The monoisotopic (exact) mass is 307 g/mol. The SMILES string of the molecule is Cc1nc2c(NC3CCCc4ccccc43)cccn2c1CO. The molecule has 1 aromatic carbocycles. The number of pyridine rings is 1. The Balaban J connectivity index is 1.74. The normalized spacial score (nSPS) is 17.2. The molecule has 0 fully saturated rings. The van der Waals surface area contributed by atoms with Crippen LogP contribution in [-0.2, 0) is 13.0 Å². The van der Waals surface area contributed by atoms with Crippen LogP contribution in [0.2, 0.25) is 0 Å². The maximum absolute atomic E-state index is 9.57. The van der Waals surface area contributed by atoms with E-state index in [0.29, 0.717) is 6.04 Å². The first kappa shape index (κ1) is 14.3. The van der Waals surface area contributed by atoms with Crippen molar-refractivity contribution in [3.63, 3.8) is 0 Å². The molecule has 118 valence electrons. The highest BCUT2D eigenvalue weighted by Crippen LogP contribution is 2.33. The third kappa shape index (κ3) is 2.39. The first-order valence-corrected chi connectivity index (χ1v) is 8.19. The number of rotatable bonds is 3. The quantitative estimate of drug-likeness (QED) is 0.777. The second-order valence-corrected chi connectivity index (χ2v) is 6.21. The Morgan fingerprint density at radius 3 is 3.00 bits per heavy atom. The fourth-order valence-electron chi connectivity index (χ4n) is 3.62. The first-order chi connectivity index (χ1) is 11.3. The lowest BCUT2D eigenvalue weighted by molar-refractivity contribution is 0.275. The maximum atomic E-state index is 9.57. The van der Waals surface area contributed by atoms with Gasteiger partial charge in [-0.1, -0.05) is 24.3 Å². The van der Waals surface area contributed by atoms with Crippen LogP contribution in [-0.4, -0.2) is 14.5 Å². The van der Waals surface area contributed by atoms with Gasteiger partial charge in [0.15, 0.2) is 5.65 Å². The smallest absolute Gasteiger partial charge is 0.160 e.